The molecule has 1 aliphatic rings. The third-order valence-corrected chi connectivity index (χ3v) is 3.98. The van der Waals surface area contributed by atoms with E-state index in [4.69, 9.17) is 4.74 Å². The van der Waals surface area contributed by atoms with Crippen molar-refractivity contribution in [3.8, 4) is 11.4 Å². The van der Waals surface area contributed by atoms with Gasteiger partial charge in [-0.1, -0.05) is 0 Å². The Bertz CT molecular complexity index is 769. The molecule has 1 aromatic heterocycles. The number of ether oxygens (including phenoxy) is 1. The summed E-state index contributed by atoms with van der Waals surface area (Å²) in [7, 11) is 1.60. The number of methoxy groups -OCH3 is 1. The number of rotatable bonds is 4. The van der Waals surface area contributed by atoms with Crippen LogP contribution in [0.2, 0.25) is 0 Å². The van der Waals surface area contributed by atoms with Crippen LogP contribution in [-0.4, -0.2) is 41.4 Å². The second kappa shape index (κ2) is 7.25. The minimum Gasteiger partial charge on any atom is -0.497 e. The summed E-state index contributed by atoms with van der Waals surface area (Å²) >= 11 is 0. The second-order valence-electron chi connectivity index (χ2n) is 5.87. The molecule has 3 N–H and O–H groups in total. The van der Waals surface area contributed by atoms with Gasteiger partial charge in [-0.2, -0.15) is 5.10 Å². The first-order valence-electron chi connectivity index (χ1n) is 8.13. The average molecular weight is 343 g/mol. The molecular formula is C17H21N5O3. The third-order valence-electron chi connectivity index (χ3n) is 3.98. The summed E-state index contributed by atoms with van der Waals surface area (Å²) in [5, 5.41) is 12.6. The van der Waals surface area contributed by atoms with Gasteiger partial charge in [0.15, 0.2) is 0 Å². The fraction of sp³-hybridized carbons (Fsp3) is 0.353. The molecule has 1 fully saturated rings. The fourth-order valence-electron chi connectivity index (χ4n) is 2.73. The van der Waals surface area contributed by atoms with Crippen molar-refractivity contribution < 1.29 is 14.3 Å². The maximum absolute atomic E-state index is 12.3. The molecule has 25 heavy (non-hydrogen) atoms. The number of anilines is 1. The number of carbonyl (C=O) groups is 2. The normalized spacial score (nSPS) is 16.9. The molecule has 0 saturated carbocycles. The van der Waals surface area contributed by atoms with Crippen molar-refractivity contribution in [2.75, 3.05) is 19.0 Å². The Morgan fingerprint density at radius 2 is 2.12 bits per heavy atom. The maximum Gasteiger partial charge on any atom is 0.321 e. The van der Waals surface area contributed by atoms with Gasteiger partial charge in [-0.25, -0.2) is 9.48 Å². The van der Waals surface area contributed by atoms with Crippen LogP contribution in [-0.2, 0) is 4.79 Å². The van der Waals surface area contributed by atoms with Gasteiger partial charge in [-0.3, -0.25) is 10.1 Å². The smallest absolute Gasteiger partial charge is 0.321 e. The molecule has 0 radical (unpaired) electrons. The van der Waals surface area contributed by atoms with E-state index in [1.54, 1.807) is 17.9 Å². The van der Waals surface area contributed by atoms with Crippen LogP contribution in [0.3, 0.4) is 0 Å². The molecule has 1 atom stereocenters. The molecule has 2 heterocycles. The van der Waals surface area contributed by atoms with Crippen LogP contribution in [0.5, 0.6) is 5.75 Å². The van der Waals surface area contributed by atoms with E-state index in [-0.39, 0.29) is 5.91 Å². The fourth-order valence-corrected chi connectivity index (χ4v) is 2.73. The van der Waals surface area contributed by atoms with E-state index in [2.05, 4.69) is 21.0 Å². The lowest BCUT2D eigenvalue weighted by Gasteiger charge is -2.22. The highest BCUT2D eigenvalue weighted by Crippen LogP contribution is 2.20. The number of piperidine rings is 1. The van der Waals surface area contributed by atoms with Gasteiger partial charge in [0.25, 0.3) is 0 Å². The second-order valence-corrected chi connectivity index (χ2v) is 5.87. The Balaban J connectivity index is 1.73. The van der Waals surface area contributed by atoms with E-state index in [1.807, 2.05) is 31.2 Å². The van der Waals surface area contributed by atoms with Crippen molar-refractivity contribution in [2.24, 2.45) is 0 Å². The zero-order valence-electron chi connectivity index (χ0n) is 14.2. The van der Waals surface area contributed by atoms with Crippen LogP contribution >= 0.6 is 0 Å². The Kier molecular flexibility index (Phi) is 4.87. The highest BCUT2D eigenvalue weighted by atomic mass is 16.5. The first kappa shape index (κ1) is 16.8. The van der Waals surface area contributed by atoms with Gasteiger partial charge >= 0.3 is 6.03 Å². The molecule has 2 aromatic rings. The van der Waals surface area contributed by atoms with E-state index in [1.165, 1.54) is 0 Å². The van der Waals surface area contributed by atoms with Crippen molar-refractivity contribution in [3.63, 3.8) is 0 Å². The minimum atomic E-state index is -0.507. The molecule has 8 heteroatoms. The molecule has 3 amide bonds. The summed E-state index contributed by atoms with van der Waals surface area (Å²) < 4.78 is 6.79. The molecule has 1 aromatic carbocycles. The standard InChI is InChI=1S/C17H21N5O3/c1-11-10-15(20-17(24)19-14-4-3-9-18-16(14)23)22(21-11)12-5-7-13(25-2)8-6-12/h5-8,10,14H,3-4,9H2,1-2H3,(H,18,23)(H2,19,20,24)/t14-/m1/s1. The lowest BCUT2D eigenvalue weighted by atomic mass is 10.1. The predicted octanol–water partition coefficient (Wildman–Crippen LogP) is 1.59. The SMILES string of the molecule is COc1ccc(-n2nc(C)cc2NC(=O)N[C@@H]2CCCNC2=O)cc1. The number of hydrogen-bond acceptors (Lipinski definition) is 4. The van der Waals surface area contributed by atoms with Crippen molar-refractivity contribution >= 4 is 17.8 Å². The summed E-state index contributed by atoms with van der Waals surface area (Å²) in [4.78, 5) is 24.0. The van der Waals surface area contributed by atoms with E-state index < -0.39 is 12.1 Å². The van der Waals surface area contributed by atoms with Gasteiger partial charge < -0.3 is 15.4 Å². The Labute approximate surface area is 145 Å². The predicted molar refractivity (Wildman–Crippen MR) is 93.0 cm³/mol. The van der Waals surface area contributed by atoms with E-state index in [0.29, 0.717) is 18.8 Å². The molecule has 0 unspecified atom stereocenters. The number of benzene rings is 1. The molecular weight excluding hydrogens is 322 g/mol. The molecule has 132 valence electrons. The van der Waals surface area contributed by atoms with Crippen LogP contribution < -0.4 is 20.7 Å². The topological polar surface area (TPSA) is 97.3 Å². The zero-order valence-corrected chi connectivity index (χ0v) is 14.2. The quantitative estimate of drug-likeness (QED) is 0.785. The van der Waals surface area contributed by atoms with Crippen LogP contribution in [0, 0.1) is 6.92 Å². The first-order valence-corrected chi connectivity index (χ1v) is 8.13. The first-order chi connectivity index (χ1) is 12.1. The average Bonchev–Trinajstić information content (AvgIpc) is 2.97. The molecule has 1 saturated heterocycles. The van der Waals surface area contributed by atoms with Gasteiger partial charge in [0.05, 0.1) is 18.5 Å². The highest BCUT2D eigenvalue weighted by molar-refractivity contribution is 5.93. The number of aryl methyl sites for hydroxylation is 1. The lowest BCUT2D eigenvalue weighted by molar-refractivity contribution is -0.124. The van der Waals surface area contributed by atoms with E-state index in [0.717, 1.165) is 23.6 Å². The molecule has 1 aliphatic heterocycles. The van der Waals surface area contributed by atoms with Crippen LogP contribution in [0.4, 0.5) is 10.6 Å². The molecule has 0 spiro atoms. The van der Waals surface area contributed by atoms with Gasteiger partial charge in [0, 0.05) is 12.6 Å². The van der Waals surface area contributed by atoms with Crippen molar-refractivity contribution in [1.29, 1.82) is 0 Å². The lowest BCUT2D eigenvalue weighted by Crippen LogP contribution is -2.51. The Morgan fingerprint density at radius 3 is 2.80 bits per heavy atom. The number of aromatic nitrogens is 2. The minimum absolute atomic E-state index is 0.152. The number of urea groups is 1. The largest absolute Gasteiger partial charge is 0.497 e. The van der Waals surface area contributed by atoms with Crippen molar-refractivity contribution in [1.82, 2.24) is 20.4 Å². The van der Waals surface area contributed by atoms with Crippen LogP contribution in [0.1, 0.15) is 18.5 Å². The molecule has 0 bridgehead atoms. The number of carbonyl (C=O) groups excluding carboxylic acids is 2. The number of nitrogens with one attached hydrogen (secondary N) is 3. The molecule has 0 aliphatic carbocycles. The summed E-state index contributed by atoms with van der Waals surface area (Å²) in [5.74, 6) is 1.11. The van der Waals surface area contributed by atoms with Gasteiger partial charge in [-0.15, -0.1) is 0 Å². The number of nitrogens with zero attached hydrogens (tertiary/aromatic N) is 2. The summed E-state index contributed by atoms with van der Waals surface area (Å²) in [6, 6.07) is 8.17. The highest BCUT2D eigenvalue weighted by Gasteiger charge is 2.24. The number of hydrogen-bond donors (Lipinski definition) is 3. The Morgan fingerprint density at radius 1 is 1.36 bits per heavy atom. The Hall–Kier alpha value is -3.03. The van der Waals surface area contributed by atoms with Gasteiger partial charge in [0.1, 0.15) is 17.6 Å². The molecule has 8 nitrogen and oxygen atoms in total. The van der Waals surface area contributed by atoms with Gasteiger partial charge in [-0.05, 0) is 44.0 Å². The third kappa shape index (κ3) is 3.90. The van der Waals surface area contributed by atoms with Crippen molar-refractivity contribution in [3.05, 3.63) is 36.0 Å². The summed E-state index contributed by atoms with van der Waals surface area (Å²) in [5.41, 5.74) is 1.56. The van der Waals surface area contributed by atoms with E-state index in [9.17, 15) is 9.59 Å². The zero-order chi connectivity index (χ0) is 17.8. The maximum atomic E-state index is 12.3. The monoisotopic (exact) mass is 343 g/mol. The van der Waals surface area contributed by atoms with Crippen LogP contribution in [0.25, 0.3) is 5.69 Å². The summed E-state index contributed by atoms with van der Waals surface area (Å²) in [6.45, 7) is 2.50. The molecule has 3 rings (SSSR count). The number of amides is 3. The van der Waals surface area contributed by atoms with Crippen LogP contribution in [0.15, 0.2) is 30.3 Å². The van der Waals surface area contributed by atoms with Gasteiger partial charge in [0.2, 0.25) is 5.91 Å². The summed E-state index contributed by atoms with van der Waals surface area (Å²) in [6.07, 6.45) is 1.48. The van der Waals surface area contributed by atoms with Crippen molar-refractivity contribution in [2.45, 2.75) is 25.8 Å². The van der Waals surface area contributed by atoms with E-state index >= 15 is 0 Å².